The van der Waals surface area contributed by atoms with Crippen LogP contribution in [0.3, 0.4) is 0 Å². The van der Waals surface area contributed by atoms with Crippen LogP contribution in [-0.2, 0) is 16.5 Å². The molecule has 0 saturated carbocycles. The molecule has 18 heavy (non-hydrogen) atoms. The molecular weight excluding hydrogens is 261 g/mol. The quantitative estimate of drug-likeness (QED) is 0.827. The molecule has 0 fully saturated rings. The standard InChI is InChI=1S/C10H8F5NO2/c11-7(12)9(16,8(17)18)5-3-1-2-4-6(5)10(13,14)15/h1-4,7H,16H2,(H,17,18). The van der Waals surface area contributed by atoms with Gasteiger partial charge in [0.15, 0.2) is 0 Å². The molecular formula is C10H8F5NO2. The first-order chi connectivity index (χ1) is 8.11. The predicted octanol–water partition coefficient (Wildman–Crippen LogP) is 2.21. The van der Waals surface area contributed by atoms with Crippen molar-refractivity contribution in [1.82, 2.24) is 0 Å². The van der Waals surface area contributed by atoms with E-state index in [1.807, 2.05) is 0 Å². The van der Waals surface area contributed by atoms with Crippen LogP contribution in [0.15, 0.2) is 24.3 Å². The zero-order valence-electron chi connectivity index (χ0n) is 8.71. The second-order valence-corrected chi connectivity index (χ2v) is 3.52. The lowest BCUT2D eigenvalue weighted by molar-refractivity contribution is -0.152. The summed E-state index contributed by atoms with van der Waals surface area (Å²) < 4.78 is 63.3. The van der Waals surface area contributed by atoms with Crippen molar-refractivity contribution >= 4 is 5.97 Å². The van der Waals surface area contributed by atoms with Crippen LogP contribution < -0.4 is 5.73 Å². The van der Waals surface area contributed by atoms with Crippen LogP contribution in [0, 0.1) is 0 Å². The highest BCUT2D eigenvalue weighted by Gasteiger charge is 2.50. The maximum atomic E-state index is 12.7. The second kappa shape index (κ2) is 4.52. The number of hydrogen-bond acceptors (Lipinski definition) is 2. The monoisotopic (exact) mass is 269 g/mol. The number of benzene rings is 1. The molecule has 0 saturated heterocycles. The van der Waals surface area contributed by atoms with Crippen LogP contribution in [0.2, 0.25) is 0 Å². The maximum absolute atomic E-state index is 12.7. The Morgan fingerprint density at radius 1 is 1.17 bits per heavy atom. The summed E-state index contributed by atoms with van der Waals surface area (Å²) in [4.78, 5) is 10.8. The molecule has 3 N–H and O–H groups in total. The van der Waals surface area contributed by atoms with Crippen molar-refractivity contribution in [3.8, 4) is 0 Å². The SMILES string of the molecule is NC(C(=O)O)(c1ccccc1C(F)(F)F)C(F)F. The molecule has 3 nitrogen and oxygen atoms in total. The van der Waals surface area contributed by atoms with Gasteiger partial charge >= 0.3 is 12.1 Å². The molecule has 0 bridgehead atoms. The lowest BCUT2D eigenvalue weighted by Gasteiger charge is -2.27. The first kappa shape index (κ1) is 14.4. The van der Waals surface area contributed by atoms with Gasteiger partial charge < -0.3 is 10.8 Å². The molecule has 0 amide bonds. The Morgan fingerprint density at radius 2 is 1.61 bits per heavy atom. The third-order valence-electron chi connectivity index (χ3n) is 2.38. The molecule has 100 valence electrons. The largest absolute Gasteiger partial charge is 0.479 e. The van der Waals surface area contributed by atoms with Crippen LogP contribution in [-0.4, -0.2) is 17.5 Å². The Morgan fingerprint density at radius 3 is 1.94 bits per heavy atom. The maximum Gasteiger partial charge on any atom is 0.416 e. The Hall–Kier alpha value is -1.70. The third-order valence-corrected chi connectivity index (χ3v) is 2.38. The van der Waals surface area contributed by atoms with Gasteiger partial charge in [0.1, 0.15) is 0 Å². The Bertz CT molecular complexity index is 460. The van der Waals surface area contributed by atoms with E-state index in [4.69, 9.17) is 10.8 Å². The van der Waals surface area contributed by atoms with Gasteiger partial charge in [0.25, 0.3) is 6.43 Å². The molecule has 0 aliphatic carbocycles. The van der Waals surface area contributed by atoms with E-state index in [0.29, 0.717) is 12.1 Å². The first-order valence-electron chi connectivity index (χ1n) is 4.59. The van der Waals surface area contributed by atoms with Crippen LogP contribution >= 0.6 is 0 Å². The second-order valence-electron chi connectivity index (χ2n) is 3.52. The highest BCUT2D eigenvalue weighted by atomic mass is 19.4. The molecule has 1 aromatic carbocycles. The number of carboxylic acid groups (broad SMARTS) is 1. The number of aliphatic carboxylic acids is 1. The summed E-state index contributed by atoms with van der Waals surface area (Å²) in [7, 11) is 0. The van der Waals surface area contributed by atoms with Gasteiger partial charge in [-0.15, -0.1) is 0 Å². The fourth-order valence-electron chi connectivity index (χ4n) is 1.42. The van der Waals surface area contributed by atoms with Gasteiger partial charge in [0.05, 0.1) is 5.56 Å². The Balaban J connectivity index is 3.54. The number of hydrogen-bond donors (Lipinski definition) is 2. The summed E-state index contributed by atoms with van der Waals surface area (Å²) in [6.45, 7) is 0. The van der Waals surface area contributed by atoms with Crippen molar-refractivity contribution in [2.24, 2.45) is 5.73 Å². The average Bonchev–Trinajstić information content (AvgIpc) is 2.26. The zero-order valence-corrected chi connectivity index (χ0v) is 8.71. The molecule has 0 aliphatic heterocycles. The van der Waals surface area contributed by atoms with Crippen LogP contribution in [0.4, 0.5) is 22.0 Å². The Labute approximate surface area is 98.0 Å². The van der Waals surface area contributed by atoms with Crippen LogP contribution in [0.25, 0.3) is 0 Å². The molecule has 0 radical (unpaired) electrons. The van der Waals surface area contributed by atoms with Gasteiger partial charge in [-0.2, -0.15) is 13.2 Å². The fourth-order valence-corrected chi connectivity index (χ4v) is 1.42. The molecule has 8 heteroatoms. The molecule has 0 aromatic heterocycles. The summed E-state index contributed by atoms with van der Waals surface area (Å²) in [5, 5.41) is 8.67. The van der Waals surface area contributed by atoms with Gasteiger partial charge in [-0.1, -0.05) is 18.2 Å². The van der Waals surface area contributed by atoms with Gasteiger partial charge in [-0.05, 0) is 6.07 Å². The van der Waals surface area contributed by atoms with Crippen molar-refractivity contribution in [2.45, 2.75) is 18.1 Å². The number of carboxylic acids is 1. The normalized spacial score (nSPS) is 15.5. The molecule has 0 spiro atoms. The zero-order chi connectivity index (χ0) is 14.1. The number of alkyl halides is 5. The van der Waals surface area contributed by atoms with Gasteiger partial charge in [0.2, 0.25) is 5.54 Å². The average molecular weight is 269 g/mol. The lowest BCUT2D eigenvalue weighted by Crippen LogP contribution is -2.52. The highest BCUT2D eigenvalue weighted by molar-refractivity contribution is 5.81. The third kappa shape index (κ3) is 2.28. The van der Waals surface area contributed by atoms with E-state index in [9.17, 15) is 26.7 Å². The van der Waals surface area contributed by atoms with E-state index in [2.05, 4.69) is 0 Å². The number of rotatable bonds is 3. The number of nitrogens with two attached hydrogens (primary N) is 1. The van der Waals surface area contributed by atoms with Crippen LogP contribution in [0.1, 0.15) is 11.1 Å². The Kier molecular flexibility index (Phi) is 3.61. The molecule has 1 rings (SSSR count). The molecule has 1 aromatic rings. The van der Waals surface area contributed by atoms with E-state index < -0.39 is 35.2 Å². The van der Waals surface area contributed by atoms with Crippen molar-refractivity contribution in [3.63, 3.8) is 0 Å². The fraction of sp³-hybridized carbons (Fsp3) is 0.300. The first-order valence-corrected chi connectivity index (χ1v) is 4.59. The predicted molar refractivity (Wildman–Crippen MR) is 50.9 cm³/mol. The van der Waals surface area contributed by atoms with E-state index in [1.54, 1.807) is 0 Å². The summed E-state index contributed by atoms with van der Waals surface area (Å²) in [6, 6.07) is 3.10. The summed E-state index contributed by atoms with van der Waals surface area (Å²) in [6.07, 6.45) is -8.65. The molecule has 0 aliphatic rings. The number of halogens is 5. The van der Waals surface area contributed by atoms with Crippen molar-refractivity contribution in [1.29, 1.82) is 0 Å². The van der Waals surface area contributed by atoms with E-state index >= 15 is 0 Å². The van der Waals surface area contributed by atoms with E-state index in [1.165, 1.54) is 0 Å². The highest BCUT2D eigenvalue weighted by Crippen LogP contribution is 2.38. The van der Waals surface area contributed by atoms with Gasteiger partial charge in [-0.25, -0.2) is 13.6 Å². The van der Waals surface area contributed by atoms with Gasteiger partial charge in [0, 0.05) is 5.56 Å². The van der Waals surface area contributed by atoms with E-state index in [0.717, 1.165) is 12.1 Å². The summed E-state index contributed by atoms with van der Waals surface area (Å²) in [5.74, 6) is -2.23. The molecule has 1 atom stereocenters. The minimum absolute atomic E-state index is 0.502. The summed E-state index contributed by atoms with van der Waals surface area (Å²) >= 11 is 0. The van der Waals surface area contributed by atoms with Crippen molar-refractivity contribution in [2.75, 3.05) is 0 Å². The van der Waals surface area contributed by atoms with Crippen LogP contribution in [0.5, 0.6) is 0 Å². The van der Waals surface area contributed by atoms with E-state index in [-0.39, 0.29) is 0 Å². The lowest BCUT2D eigenvalue weighted by atomic mass is 9.87. The summed E-state index contributed by atoms with van der Waals surface area (Å²) in [5.41, 5.74) is -1.10. The van der Waals surface area contributed by atoms with Gasteiger partial charge in [-0.3, -0.25) is 0 Å². The topological polar surface area (TPSA) is 63.3 Å². The smallest absolute Gasteiger partial charge is 0.416 e. The van der Waals surface area contributed by atoms with Crippen molar-refractivity contribution < 1.29 is 31.9 Å². The molecule has 1 unspecified atom stereocenters. The minimum Gasteiger partial charge on any atom is -0.479 e. The minimum atomic E-state index is -4.97. The number of carbonyl (C=O) groups is 1. The van der Waals surface area contributed by atoms with Crippen molar-refractivity contribution in [3.05, 3.63) is 35.4 Å². The molecule has 0 heterocycles.